The Balaban J connectivity index is 1.99. The van der Waals surface area contributed by atoms with Crippen LogP contribution in [0.15, 0.2) is 18.2 Å². The largest absolute Gasteiger partial charge is 0.481 e. The zero-order chi connectivity index (χ0) is 13.6. The van der Waals surface area contributed by atoms with Crippen molar-refractivity contribution < 1.29 is 24.2 Å². The number of rotatable bonds is 2. The Kier molecular flexibility index (Phi) is 2.58. The lowest BCUT2D eigenvalue weighted by molar-refractivity contribution is -0.142. The topological polar surface area (TPSA) is 76.1 Å². The van der Waals surface area contributed by atoms with Crippen molar-refractivity contribution in [2.24, 2.45) is 5.92 Å². The summed E-state index contributed by atoms with van der Waals surface area (Å²) in [6.07, 6.45) is 0.0327. The Morgan fingerprint density at radius 1 is 1.37 bits per heavy atom. The van der Waals surface area contributed by atoms with Crippen molar-refractivity contribution in [3.05, 3.63) is 23.8 Å². The number of amides is 1. The van der Waals surface area contributed by atoms with E-state index in [4.69, 9.17) is 9.47 Å². The van der Waals surface area contributed by atoms with Gasteiger partial charge in [-0.3, -0.25) is 9.59 Å². The Hall–Kier alpha value is -2.24. The molecule has 2 heterocycles. The molecule has 2 aliphatic rings. The Labute approximate surface area is 109 Å². The molecule has 0 saturated carbocycles. The van der Waals surface area contributed by atoms with Crippen LogP contribution in [0.3, 0.4) is 0 Å². The van der Waals surface area contributed by atoms with Gasteiger partial charge in [0.05, 0.1) is 12.0 Å². The SMILES string of the molecule is CN1C(=O)C[C@H](C(=O)O)[C@H]1c1ccc2c(c1)OCO2. The van der Waals surface area contributed by atoms with Crippen molar-refractivity contribution >= 4 is 11.9 Å². The lowest BCUT2D eigenvalue weighted by Crippen LogP contribution is -2.26. The number of benzene rings is 1. The maximum absolute atomic E-state index is 11.7. The molecular weight excluding hydrogens is 250 g/mol. The standard InChI is InChI=1S/C13H13NO5/c1-14-11(15)5-8(13(16)17)12(14)7-2-3-9-10(4-7)19-6-18-9/h2-4,8,12H,5-6H2,1H3,(H,16,17)/t8-,12+/m0/s1. The van der Waals surface area contributed by atoms with E-state index in [2.05, 4.69) is 0 Å². The molecule has 3 rings (SSSR count). The molecule has 19 heavy (non-hydrogen) atoms. The average molecular weight is 263 g/mol. The van der Waals surface area contributed by atoms with Crippen molar-refractivity contribution in [1.29, 1.82) is 0 Å². The molecular formula is C13H13NO5. The van der Waals surface area contributed by atoms with E-state index >= 15 is 0 Å². The fourth-order valence-corrected chi connectivity index (χ4v) is 2.64. The average Bonchev–Trinajstić information content (AvgIpc) is 2.94. The van der Waals surface area contributed by atoms with Crippen molar-refractivity contribution in [1.82, 2.24) is 4.90 Å². The number of likely N-dealkylation sites (tertiary alicyclic amines) is 1. The lowest BCUT2D eigenvalue weighted by Gasteiger charge is -2.23. The quantitative estimate of drug-likeness (QED) is 0.862. The van der Waals surface area contributed by atoms with Crippen LogP contribution in [0.25, 0.3) is 0 Å². The third-order valence-electron chi connectivity index (χ3n) is 3.64. The molecule has 0 bridgehead atoms. The van der Waals surface area contributed by atoms with Crippen LogP contribution in [0.4, 0.5) is 0 Å². The molecule has 1 N–H and O–H groups in total. The van der Waals surface area contributed by atoms with Gasteiger partial charge in [-0.05, 0) is 17.7 Å². The third kappa shape index (κ3) is 1.80. The Bertz CT molecular complexity index is 556. The van der Waals surface area contributed by atoms with Gasteiger partial charge in [-0.15, -0.1) is 0 Å². The molecule has 1 amide bonds. The second-order valence-electron chi connectivity index (χ2n) is 4.71. The van der Waals surface area contributed by atoms with Gasteiger partial charge in [0.15, 0.2) is 11.5 Å². The molecule has 0 spiro atoms. The molecule has 6 heteroatoms. The van der Waals surface area contributed by atoms with Crippen LogP contribution in [-0.2, 0) is 9.59 Å². The number of carboxylic acid groups (broad SMARTS) is 1. The highest BCUT2D eigenvalue weighted by atomic mass is 16.7. The summed E-state index contributed by atoms with van der Waals surface area (Å²) in [4.78, 5) is 24.5. The summed E-state index contributed by atoms with van der Waals surface area (Å²) in [7, 11) is 1.63. The van der Waals surface area contributed by atoms with Gasteiger partial charge in [0, 0.05) is 13.5 Å². The molecule has 1 saturated heterocycles. The van der Waals surface area contributed by atoms with E-state index in [0.717, 1.165) is 5.56 Å². The van der Waals surface area contributed by atoms with Gasteiger partial charge in [-0.2, -0.15) is 0 Å². The first-order chi connectivity index (χ1) is 9.08. The Morgan fingerprint density at radius 3 is 2.84 bits per heavy atom. The minimum absolute atomic E-state index is 0.0327. The number of ether oxygens (including phenoxy) is 2. The van der Waals surface area contributed by atoms with Gasteiger partial charge in [-0.1, -0.05) is 6.07 Å². The number of aliphatic carboxylic acids is 1. The molecule has 1 fully saturated rings. The molecule has 0 aliphatic carbocycles. The van der Waals surface area contributed by atoms with E-state index in [1.807, 2.05) is 0 Å². The monoisotopic (exact) mass is 263 g/mol. The van der Waals surface area contributed by atoms with Gasteiger partial charge in [0.1, 0.15) is 0 Å². The summed E-state index contributed by atoms with van der Waals surface area (Å²) in [5.74, 6) is -0.606. The van der Waals surface area contributed by atoms with Crippen LogP contribution in [0, 0.1) is 5.92 Å². The Morgan fingerprint density at radius 2 is 2.11 bits per heavy atom. The van der Waals surface area contributed by atoms with Crippen molar-refractivity contribution in [3.8, 4) is 11.5 Å². The van der Waals surface area contributed by atoms with Crippen molar-refractivity contribution in [2.75, 3.05) is 13.8 Å². The van der Waals surface area contributed by atoms with E-state index < -0.39 is 17.9 Å². The van der Waals surface area contributed by atoms with Crippen LogP contribution in [0.2, 0.25) is 0 Å². The highest BCUT2D eigenvalue weighted by Gasteiger charge is 2.43. The summed E-state index contributed by atoms with van der Waals surface area (Å²) >= 11 is 0. The molecule has 2 atom stereocenters. The third-order valence-corrected chi connectivity index (χ3v) is 3.64. The number of carboxylic acids is 1. The van der Waals surface area contributed by atoms with Gasteiger partial charge < -0.3 is 19.5 Å². The molecule has 0 unspecified atom stereocenters. The molecule has 1 aromatic rings. The zero-order valence-corrected chi connectivity index (χ0v) is 10.3. The van der Waals surface area contributed by atoms with Gasteiger partial charge >= 0.3 is 5.97 Å². The van der Waals surface area contributed by atoms with E-state index in [-0.39, 0.29) is 19.1 Å². The molecule has 2 aliphatic heterocycles. The van der Waals surface area contributed by atoms with Crippen LogP contribution in [0.1, 0.15) is 18.0 Å². The number of fused-ring (bicyclic) bond motifs is 1. The van der Waals surface area contributed by atoms with Gasteiger partial charge in [0.2, 0.25) is 12.7 Å². The predicted molar refractivity (Wildman–Crippen MR) is 63.8 cm³/mol. The number of nitrogens with zero attached hydrogens (tertiary/aromatic N) is 1. The number of carbonyl (C=O) groups is 2. The fourth-order valence-electron chi connectivity index (χ4n) is 2.64. The van der Waals surface area contributed by atoms with E-state index in [0.29, 0.717) is 11.5 Å². The van der Waals surface area contributed by atoms with Crippen LogP contribution in [-0.4, -0.2) is 35.7 Å². The van der Waals surface area contributed by atoms with E-state index in [1.165, 1.54) is 4.90 Å². The smallest absolute Gasteiger partial charge is 0.309 e. The molecule has 1 aromatic carbocycles. The summed E-state index contributed by atoms with van der Waals surface area (Å²) < 4.78 is 10.5. The first kappa shape index (κ1) is 11.8. The summed E-state index contributed by atoms with van der Waals surface area (Å²) in [6, 6.07) is 4.81. The first-order valence-corrected chi connectivity index (χ1v) is 5.96. The maximum atomic E-state index is 11.7. The molecule has 0 radical (unpaired) electrons. The van der Waals surface area contributed by atoms with Gasteiger partial charge in [0.25, 0.3) is 0 Å². The maximum Gasteiger partial charge on any atom is 0.309 e. The predicted octanol–water partition coefficient (Wildman–Crippen LogP) is 1.02. The minimum Gasteiger partial charge on any atom is -0.481 e. The van der Waals surface area contributed by atoms with E-state index in [1.54, 1.807) is 25.2 Å². The van der Waals surface area contributed by atoms with Crippen molar-refractivity contribution in [2.45, 2.75) is 12.5 Å². The number of hydrogen-bond acceptors (Lipinski definition) is 4. The van der Waals surface area contributed by atoms with Crippen LogP contribution >= 0.6 is 0 Å². The van der Waals surface area contributed by atoms with Crippen LogP contribution in [0.5, 0.6) is 11.5 Å². The zero-order valence-electron chi connectivity index (χ0n) is 10.3. The van der Waals surface area contributed by atoms with E-state index in [9.17, 15) is 14.7 Å². The number of carbonyl (C=O) groups excluding carboxylic acids is 1. The molecule has 100 valence electrons. The second-order valence-corrected chi connectivity index (χ2v) is 4.71. The normalized spacial score (nSPS) is 24.9. The summed E-state index contributed by atoms with van der Waals surface area (Å²) in [5, 5.41) is 9.24. The molecule has 6 nitrogen and oxygen atoms in total. The van der Waals surface area contributed by atoms with Crippen molar-refractivity contribution in [3.63, 3.8) is 0 Å². The summed E-state index contributed by atoms with van der Waals surface area (Å²) in [6.45, 7) is 0.167. The lowest BCUT2D eigenvalue weighted by atomic mass is 9.93. The first-order valence-electron chi connectivity index (χ1n) is 5.96. The highest BCUT2D eigenvalue weighted by Crippen LogP contribution is 2.41. The molecule has 0 aromatic heterocycles. The van der Waals surface area contributed by atoms with Gasteiger partial charge in [-0.25, -0.2) is 0 Å². The van der Waals surface area contributed by atoms with Crippen LogP contribution < -0.4 is 9.47 Å². The fraction of sp³-hybridized carbons (Fsp3) is 0.385. The highest BCUT2D eigenvalue weighted by molar-refractivity contribution is 5.87. The second kappa shape index (κ2) is 4.15. The minimum atomic E-state index is -0.958. The number of hydrogen-bond donors (Lipinski definition) is 1. The summed E-state index contributed by atoms with van der Waals surface area (Å²) in [5.41, 5.74) is 0.755.